The van der Waals surface area contributed by atoms with Crippen LogP contribution < -0.4 is 4.74 Å². The van der Waals surface area contributed by atoms with Crippen molar-refractivity contribution in [3.8, 4) is 5.75 Å². The molecule has 112 valence electrons. The van der Waals surface area contributed by atoms with Crippen molar-refractivity contribution in [3.63, 3.8) is 0 Å². The lowest BCUT2D eigenvalue weighted by atomic mass is 10.1. The molecule has 0 unspecified atom stereocenters. The molecule has 1 heterocycles. The molecule has 0 saturated carbocycles. The van der Waals surface area contributed by atoms with E-state index in [2.05, 4.69) is 36.8 Å². The van der Waals surface area contributed by atoms with Crippen LogP contribution >= 0.6 is 31.9 Å². The van der Waals surface area contributed by atoms with Crippen LogP contribution in [0.4, 0.5) is 0 Å². The van der Waals surface area contributed by atoms with Crippen LogP contribution in [0.1, 0.15) is 12.8 Å². The number of hydrogen-bond acceptors (Lipinski definition) is 3. The maximum atomic E-state index is 5.76. The number of rotatable bonds is 7. The lowest BCUT2D eigenvalue weighted by Gasteiger charge is -2.31. The molecule has 1 fully saturated rings. The summed E-state index contributed by atoms with van der Waals surface area (Å²) in [4.78, 5) is 2.45. The fourth-order valence-electron chi connectivity index (χ4n) is 2.33. The van der Waals surface area contributed by atoms with Crippen LogP contribution in [0.3, 0.4) is 0 Å². The normalized spacial score (nSPS) is 17.3. The van der Waals surface area contributed by atoms with E-state index >= 15 is 0 Å². The molecule has 0 aromatic heterocycles. The van der Waals surface area contributed by atoms with Gasteiger partial charge in [-0.05, 0) is 37.1 Å². The zero-order valence-corrected chi connectivity index (χ0v) is 14.7. The van der Waals surface area contributed by atoms with Gasteiger partial charge in [0, 0.05) is 29.4 Å². The smallest absolute Gasteiger partial charge is 0.119 e. The lowest BCUT2D eigenvalue weighted by Crippen LogP contribution is -2.39. The Morgan fingerprint density at radius 1 is 1.10 bits per heavy atom. The van der Waals surface area contributed by atoms with Crippen LogP contribution in [0.25, 0.3) is 0 Å². The molecule has 5 heteroatoms. The number of hydrogen-bond donors (Lipinski definition) is 0. The molecule has 20 heavy (non-hydrogen) atoms. The molecule has 1 aliphatic heterocycles. The molecule has 0 radical (unpaired) electrons. The van der Waals surface area contributed by atoms with Gasteiger partial charge < -0.3 is 9.47 Å². The summed E-state index contributed by atoms with van der Waals surface area (Å²) in [5, 5.41) is 0.925. The van der Waals surface area contributed by atoms with Gasteiger partial charge in [-0.3, -0.25) is 4.90 Å². The van der Waals surface area contributed by atoms with Crippen LogP contribution in [-0.4, -0.2) is 49.2 Å². The number of ether oxygens (including phenoxy) is 2. The van der Waals surface area contributed by atoms with Crippen molar-refractivity contribution in [2.75, 3.05) is 38.2 Å². The topological polar surface area (TPSA) is 21.7 Å². The number of nitrogens with zero attached hydrogens (tertiary/aromatic N) is 1. The van der Waals surface area contributed by atoms with Crippen LogP contribution in [0.2, 0.25) is 0 Å². The van der Waals surface area contributed by atoms with E-state index < -0.39 is 0 Å². The minimum atomic E-state index is 0.441. The Balaban J connectivity index is 1.60. The van der Waals surface area contributed by atoms with Crippen molar-refractivity contribution in [3.05, 3.63) is 28.7 Å². The molecule has 1 aliphatic rings. The van der Waals surface area contributed by atoms with Crippen molar-refractivity contribution in [2.45, 2.75) is 18.9 Å². The predicted molar refractivity (Wildman–Crippen MR) is 88.8 cm³/mol. The van der Waals surface area contributed by atoms with Crippen molar-refractivity contribution < 1.29 is 9.47 Å². The summed E-state index contributed by atoms with van der Waals surface area (Å²) in [5.74, 6) is 0.934. The fourth-order valence-corrected chi connectivity index (χ4v) is 2.79. The summed E-state index contributed by atoms with van der Waals surface area (Å²) >= 11 is 6.82. The first-order valence-electron chi connectivity index (χ1n) is 7.06. The molecule has 0 spiro atoms. The molecule has 0 N–H and O–H groups in total. The van der Waals surface area contributed by atoms with E-state index in [1.54, 1.807) is 0 Å². The molecule has 1 aromatic rings. The zero-order valence-electron chi connectivity index (χ0n) is 11.6. The number of halogens is 2. The Morgan fingerprint density at radius 2 is 1.80 bits per heavy atom. The second-order valence-corrected chi connectivity index (χ2v) is 6.61. The number of benzene rings is 1. The van der Waals surface area contributed by atoms with Gasteiger partial charge in [-0.1, -0.05) is 31.9 Å². The summed E-state index contributed by atoms with van der Waals surface area (Å²) in [6.45, 7) is 4.76. The van der Waals surface area contributed by atoms with Crippen molar-refractivity contribution in [2.24, 2.45) is 0 Å². The second-order valence-electron chi connectivity index (χ2n) is 4.90. The van der Waals surface area contributed by atoms with E-state index in [1.807, 2.05) is 24.3 Å². The molecule has 0 atom stereocenters. The first-order valence-corrected chi connectivity index (χ1v) is 8.97. The van der Waals surface area contributed by atoms with Gasteiger partial charge in [0.1, 0.15) is 12.4 Å². The average Bonchev–Trinajstić information content (AvgIpc) is 2.48. The molecule has 1 aromatic carbocycles. The highest BCUT2D eigenvalue weighted by atomic mass is 79.9. The molecule has 0 aliphatic carbocycles. The van der Waals surface area contributed by atoms with Crippen LogP contribution in [0.5, 0.6) is 5.75 Å². The van der Waals surface area contributed by atoms with Gasteiger partial charge >= 0.3 is 0 Å². The minimum Gasteiger partial charge on any atom is -0.492 e. The molecule has 1 saturated heterocycles. The largest absolute Gasteiger partial charge is 0.492 e. The number of likely N-dealkylation sites (tertiary alicyclic amines) is 1. The summed E-state index contributed by atoms with van der Waals surface area (Å²) < 4.78 is 12.6. The van der Waals surface area contributed by atoms with Crippen molar-refractivity contribution in [1.82, 2.24) is 4.90 Å². The molecular weight excluding hydrogens is 386 g/mol. The third-order valence-electron chi connectivity index (χ3n) is 3.46. The minimum absolute atomic E-state index is 0.441. The van der Waals surface area contributed by atoms with Crippen LogP contribution in [0, 0.1) is 0 Å². The van der Waals surface area contributed by atoms with E-state index in [0.29, 0.717) is 6.10 Å². The molecule has 3 nitrogen and oxygen atoms in total. The van der Waals surface area contributed by atoms with Crippen molar-refractivity contribution in [1.29, 1.82) is 0 Å². The summed E-state index contributed by atoms with van der Waals surface area (Å²) in [6, 6.07) is 7.99. The zero-order chi connectivity index (χ0) is 14.2. The van der Waals surface area contributed by atoms with Gasteiger partial charge in [0.15, 0.2) is 0 Å². The van der Waals surface area contributed by atoms with Gasteiger partial charge in [0.2, 0.25) is 0 Å². The highest BCUT2D eigenvalue weighted by molar-refractivity contribution is 9.10. The Hall–Kier alpha value is -0.100. The lowest BCUT2D eigenvalue weighted by molar-refractivity contribution is 0.0135. The van der Waals surface area contributed by atoms with Crippen molar-refractivity contribution >= 4 is 31.9 Å². The van der Waals surface area contributed by atoms with Crippen LogP contribution in [0.15, 0.2) is 28.7 Å². The molecule has 0 bridgehead atoms. The summed E-state index contributed by atoms with van der Waals surface area (Å²) in [6.07, 6.45) is 2.70. The van der Waals surface area contributed by atoms with Gasteiger partial charge in [-0.2, -0.15) is 0 Å². The maximum absolute atomic E-state index is 5.76. The Bertz CT molecular complexity index is 378. The van der Waals surface area contributed by atoms with Gasteiger partial charge in [0.25, 0.3) is 0 Å². The third-order valence-corrected chi connectivity index (χ3v) is 4.31. The maximum Gasteiger partial charge on any atom is 0.119 e. The van der Waals surface area contributed by atoms with E-state index in [-0.39, 0.29) is 0 Å². The Morgan fingerprint density at radius 3 is 2.45 bits per heavy atom. The number of alkyl halides is 1. The summed E-state index contributed by atoms with van der Waals surface area (Å²) in [5.41, 5.74) is 0. The highest BCUT2D eigenvalue weighted by Gasteiger charge is 2.19. The van der Waals surface area contributed by atoms with Gasteiger partial charge in [-0.15, -0.1) is 0 Å². The summed E-state index contributed by atoms with van der Waals surface area (Å²) in [7, 11) is 0. The SMILES string of the molecule is BrCCOC1CCN(CCOc2ccc(Br)cc2)CC1. The average molecular weight is 407 g/mol. The monoisotopic (exact) mass is 405 g/mol. The number of piperidine rings is 1. The van der Waals surface area contributed by atoms with E-state index in [1.165, 1.54) is 0 Å². The molecule has 2 rings (SSSR count). The van der Waals surface area contributed by atoms with E-state index in [0.717, 1.165) is 61.2 Å². The second kappa shape index (κ2) is 9.03. The third kappa shape index (κ3) is 5.72. The van der Waals surface area contributed by atoms with Gasteiger partial charge in [-0.25, -0.2) is 0 Å². The van der Waals surface area contributed by atoms with E-state index in [4.69, 9.17) is 9.47 Å². The van der Waals surface area contributed by atoms with E-state index in [9.17, 15) is 0 Å². The standard InChI is InChI=1S/C15H21Br2NO2/c16-7-11-19-15-5-8-18(9-6-15)10-12-20-14-3-1-13(17)2-4-14/h1-4,15H,5-12H2. The Kier molecular flexibility index (Phi) is 7.35. The van der Waals surface area contributed by atoms with Crippen LogP contribution in [-0.2, 0) is 4.74 Å². The highest BCUT2D eigenvalue weighted by Crippen LogP contribution is 2.17. The quantitative estimate of drug-likeness (QED) is 0.644. The predicted octanol–water partition coefficient (Wildman–Crippen LogP) is 3.70. The van der Waals surface area contributed by atoms with Gasteiger partial charge in [0.05, 0.1) is 12.7 Å². The first-order chi connectivity index (χ1) is 9.78. The molecular formula is C15H21Br2NO2. The first kappa shape index (κ1) is 16.3. The molecule has 0 amide bonds. The fraction of sp³-hybridized carbons (Fsp3) is 0.600. The Labute approximate surface area is 137 Å².